The van der Waals surface area contributed by atoms with Crippen molar-refractivity contribution in [2.75, 3.05) is 5.32 Å². The summed E-state index contributed by atoms with van der Waals surface area (Å²) in [4.78, 5) is 12.6. The number of rotatable bonds is 5. The number of anilines is 1. The van der Waals surface area contributed by atoms with Gasteiger partial charge in [-0.05, 0) is 44.2 Å². The van der Waals surface area contributed by atoms with Gasteiger partial charge in [0.1, 0.15) is 5.75 Å². The zero-order chi connectivity index (χ0) is 17.8. The normalized spacial score (nSPS) is 10.7. The lowest BCUT2D eigenvalue weighted by atomic mass is 10.2. The Morgan fingerprint density at radius 2 is 1.92 bits per heavy atom. The fraction of sp³-hybridized carbons (Fsp3) is 0.158. The van der Waals surface area contributed by atoms with Gasteiger partial charge in [0.2, 0.25) is 0 Å². The molecule has 1 amide bonds. The Morgan fingerprint density at radius 3 is 2.64 bits per heavy atom. The van der Waals surface area contributed by atoms with E-state index in [0.717, 1.165) is 10.2 Å². The third kappa shape index (κ3) is 4.28. The summed E-state index contributed by atoms with van der Waals surface area (Å²) in [5.41, 5.74) is 1.39. The van der Waals surface area contributed by atoms with Gasteiger partial charge < -0.3 is 10.1 Å². The van der Waals surface area contributed by atoms with Gasteiger partial charge in [-0.25, -0.2) is 4.68 Å². The number of nitrogens with one attached hydrogen (secondary N) is 1. The molecule has 1 aromatic heterocycles. The zero-order valence-electron chi connectivity index (χ0n) is 13.9. The molecule has 0 saturated carbocycles. The van der Waals surface area contributed by atoms with Crippen molar-refractivity contribution in [2.24, 2.45) is 0 Å². The number of halogens is 1. The Balaban J connectivity index is 1.80. The van der Waals surface area contributed by atoms with Gasteiger partial charge in [-0.3, -0.25) is 4.79 Å². The summed E-state index contributed by atoms with van der Waals surface area (Å²) in [6.07, 6.45) is 1.77. The summed E-state index contributed by atoms with van der Waals surface area (Å²) in [5, 5.41) is 7.20. The molecule has 0 aliphatic carbocycles. The van der Waals surface area contributed by atoms with E-state index in [1.807, 2.05) is 50.2 Å². The molecule has 25 heavy (non-hydrogen) atoms. The minimum Gasteiger partial charge on any atom is -0.490 e. The first-order chi connectivity index (χ1) is 12.0. The molecule has 0 aliphatic rings. The summed E-state index contributed by atoms with van der Waals surface area (Å²) in [6, 6.07) is 16.8. The molecule has 3 rings (SSSR count). The van der Waals surface area contributed by atoms with Crippen LogP contribution in [0.5, 0.6) is 5.75 Å². The molecular formula is C19H18BrN3O2. The fourth-order valence-corrected chi connectivity index (χ4v) is 2.67. The van der Waals surface area contributed by atoms with E-state index in [1.54, 1.807) is 29.1 Å². The van der Waals surface area contributed by atoms with E-state index in [1.165, 1.54) is 0 Å². The van der Waals surface area contributed by atoms with Crippen LogP contribution < -0.4 is 10.1 Å². The van der Waals surface area contributed by atoms with Crippen LogP contribution in [0.4, 0.5) is 5.82 Å². The number of hydrogen-bond acceptors (Lipinski definition) is 3. The van der Waals surface area contributed by atoms with E-state index < -0.39 is 0 Å². The minimum atomic E-state index is -0.263. The Morgan fingerprint density at radius 1 is 1.16 bits per heavy atom. The Kier molecular flexibility index (Phi) is 5.19. The highest BCUT2D eigenvalue weighted by atomic mass is 79.9. The molecular weight excluding hydrogens is 382 g/mol. The maximum absolute atomic E-state index is 12.6. The summed E-state index contributed by atoms with van der Waals surface area (Å²) < 4.78 is 8.31. The predicted molar refractivity (Wildman–Crippen MR) is 101 cm³/mol. The first-order valence-corrected chi connectivity index (χ1v) is 8.71. The number of benzene rings is 2. The van der Waals surface area contributed by atoms with Crippen LogP contribution in [0.2, 0.25) is 0 Å². The minimum absolute atomic E-state index is 0.0295. The fourth-order valence-electron chi connectivity index (χ4n) is 2.33. The monoisotopic (exact) mass is 399 g/mol. The Labute approximate surface area is 154 Å². The largest absolute Gasteiger partial charge is 0.490 e. The lowest BCUT2D eigenvalue weighted by Gasteiger charge is -2.14. The van der Waals surface area contributed by atoms with Crippen molar-refractivity contribution in [1.82, 2.24) is 9.78 Å². The maximum Gasteiger partial charge on any atom is 0.260 e. The van der Waals surface area contributed by atoms with E-state index in [0.29, 0.717) is 17.1 Å². The number of hydrogen-bond donors (Lipinski definition) is 1. The van der Waals surface area contributed by atoms with Crippen LogP contribution in [-0.4, -0.2) is 21.8 Å². The van der Waals surface area contributed by atoms with E-state index in [4.69, 9.17) is 4.74 Å². The van der Waals surface area contributed by atoms with Gasteiger partial charge in [-0.2, -0.15) is 5.10 Å². The molecule has 1 heterocycles. The van der Waals surface area contributed by atoms with Gasteiger partial charge in [-0.15, -0.1) is 0 Å². The molecule has 0 radical (unpaired) electrons. The predicted octanol–water partition coefficient (Wildman–Crippen LogP) is 4.67. The van der Waals surface area contributed by atoms with Crippen molar-refractivity contribution in [3.05, 3.63) is 70.8 Å². The van der Waals surface area contributed by atoms with Gasteiger partial charge in [0.25, 0.3) is 5.91 Å². The standard InChI is InChI=1S/C19H18BrN3O2/c1-13(2)25-17-12-14(20)8-9-16(17)19(24)21-18-10-11-23(22-18)15-6-4-3-5-7-15/h3-13H,1-2H3,(H,21,22,24). The molecule has 0 spiro atoms. The molecule has 2 aromatic carbocycles. The molecule has 0 aliphatic heterocycles. The number of ether oxygens (including phenoxy) is 1. The van der Waals surface area contributed by atoms with Crippen molar-refractivity contribution in [2.45, 2.75) is 20.0 Å². The van der Waals surface area contributed by atoms with Gasteiger partial charge in [-0.1, -0.05) is 34.1 Å². The van der Waals surface area contributed by atoms with Crippen LogP contribution in [-0.2, 0) is 0 Å². The maximum atomic E-state index is 12.6. The molecule has 1 N–H and O–H groups in total. The van der Waals surface area contributed by atoms with E-state index in [9.17, 15) is 4.79 Å². The van der Waals surface area contributed by atoms with E-state index in [2.05, 4.69) is 26.3 Å². The van der Waals surface area contributed by atoms with Gasteiger partial charge in [0.05, 0.1) is 17.4 Å². The first-order valence-electron chi connectivity index (χ1n) is 7.91. The highest BCUT2D eigenvalue weighted by Gasteiger charge is 2.15. The molecule has 5 nitrogen and oxygen atoms in total. The van der Waals surface area contributed by atoms with Crippen molar-refractivity contribution in [3.63, 3.8) is 0 Å². The highest BCUT2D eigenvalue weighted by Crippen LogP contribution is 2.25. The molecule has 0 atom stereocenters. The smallest absolute Gasteiger partial charge is 0.260 e. The summed E-state index contributed by atoms with van der Waals surface area (Å²) in [6.45, 7) is 3.84. The molecule has 6 heteroatoms. The molecule has 0 unspecified atom stereocenters. The van der Waals surface area contributed by atoms with Gasteiger partial charge in [0, 0.05) is 16.7 Å². The SMILES string of the molecule is CC(C)Oc1cc(Br)ccc1C(=O)Nc1ccn(-c2ccccc2)n1. The van der Waals surface area contributed by atoms with Crippen molar-refractivity contribution >= 4 is 27.7 Å². The van der Waals surface area contributed by atoms with Crippen LogP contribution in [0.1, 0.15) is 24.2 Å². The second-order valence-electron chi connectivity index (χ2n) is 5.74. The van der Waals surface area contributed by atoms with E-state index >= 15 is 0 Å². The van der Waals surface area contributed by atoms with Crippen molar-refractivity contribution < 1.29 is 9.53 Å². The average molecular weight is 400 g/mol. The number of aromatic nitrogens is 2. The molecule has 3 aromatic rings. The Hall–Kier alpha value is -2.60. The van der Waals surface area contributed by atoms with Crippen LogP contribution in [0.15, 0.2) is 65.3 Å². The zero-order valence-corrected chi connectivity index (χ0v) is 15.5. The quantitative estimate of drug-likeness (QED) is 0.677. The van der Waals surface area contributed by atoms with Gasteiger partial charge in [0.15, 0.2) is 5.82 Å². The lowest BCUT2D eigenvalue weighted by molar-refractivity contribution is 0.102. The number of amides is 1. The van der Waals surface area contributed by atoms with Crippen LogP contribution >= 0.6 is 15.9 Å². The summed E-state index contributed by atoms with van der Waals surface area (Å²) >= 11 is 3.40. The van der Waals surface area contributed by atoms with Crippen molar-refractivity contribution in [1.29, 1.82) is 0 Å². The first kappa shape index (κ1) is 17.2. The van der Waals surface area contributed by atoms with Crippen LogP contribution in [0.3, 0.4) is 0 Å². The second-order valence-corrected chi connectivity index (χ2v) is 6.66. The highest BCUT2D eigenvalue weighted by molar-refractivity contribution is 9.10. The second kappa shape index (κ2) is 7.53. The molecule has 0 fully saturated rings. The molecule has 0 bridgehead atoms. The summed E-state index contributed by atoms with van der Waals surface area (Å²) in [5.74, 6) is 0.748. The third-order valence-electron chi connectivity index (χ3n) is 3.40. The van der Waals surface area contributed by atoms with Gasteiger partial charge >= 0.3 is 0 Å². The number of para-hydroxylation sites is 1. The average Bonchev–Trinajstić information content (AvgIpc) is 3.03. The number of carbonyl (C=O) groups excluding carboxylic acids is 1. The summed E-state index contributed by atoms with van der Waals surface area (Å²) in [7, 11) is 0. The van der Waals surface area contributed by atoms with Crippen LogP contribution in [0, 0.1) is 0 Å². The lowest BCUT2D eigenvalue weighted by Crippen LogP contribution is -2.16. The number of nitrogens with zero attached hydrogens (tertiary/aromatic N) is 2. The van der Waals surface area contributed by atoms with Crippen LogP contribution in [0.25, 0.3) is 5.69 Å². The topological polar surface area (TPSA) is 56.1 Å². The molecule has 128 valence electrons. The third-order valence-corrected chi connectivity index (χ3v) is 3.90. The van der Waals surface area contributed by atoms with Crippen molar-refractivity contribution in [3.8, 4) is 11.4 Å². The van der Waals surface area contributed by atoms with E-state index in [-0.39, 0.29) is 12.0 Å². The number of carbonyl (C=O) groups is 1. The molecule has 0 saturated heterocycles. The Bertz CT molecular complexity index is 875.